The zero-order chi connectivity index (χ0) is 19.8. The van der Waals surface area contributed by atoms with Crippen molar-refractivity contribution in [3.05, 3.63) is 54.4 Å². The number of carbonyl (C=O) groups excluding carboxylic acids is 2. The third kappa shape index (κ3) is 5.45. The molecule has 28 heavy (non-hydrogen) atoms. The van der Waals surface area contributed by atoms with Crippen LogP contribution in [0.3, 0.4) is 0 Å². The van der Waals surface area contributed by atoms with E-state index >= 15 is 0 Å². The molecule has 2 heterocycles. The van der Waals surface area contributed by atoms with Gasteiger partial charge in [-0.15, -0.1) is 0 Å². The number of piperidine rings is 1. The largest absolute Gasteiger partial charge is 0.494 e. The average Bonchev–Trinajstić information content (AvgIpc) is 2.74. The highest BCUT2D eigenvalue weighted by molar-refractivity contribution is 5.94. The van der Waals surface area contributed by atoms with E-state index < -0.39 is 0 Å². The molecule has 0 bridgehead atoms. The lowest BCUT2D eigenvalue weighted by Gasteiger charge is -2.32. The molecule has 1 aliphatic heterocycles. The summed E-state index contributed by atoms with van der Waals surface area (Å²) in [5.74, 6) is 1.23. The van der Waals surface area contributed by atoms with Crippen LogP contribution < -0.4 is 14.8 Å². The maximum Gasteiger partial charge on any atom is 0.260 e. The third-order valence-electron chi connectivity index (χ3n) is 4.60. The van der Waals surface area contributed by atoms with Crippen molar-refractivity contribution in [1.82, 2.24) is 15.2 Å². The summed E-state index contributed by atoms with van der Waals surface area (Å²) in [6.45, 7) is 3.74. The smallest absolute Gasteiger partial charge is 0.260 e. The molecular formula is C21H25N3O4. The molecule has 1 aromatic heterocycles. The number of rotatable bonds is 7. The highest BCUT2D eigenvalue weighted by Crippen LogP contribution is 2.18. The predicted octanol–water partition coefficient (Wildman–Crippen LogP) is 2.28. The summed E-state index contributed by atoms with van der Waals surface area (Å²) in [6, 6.07) is 10.7. The molecule has 1 N–H and O–H groups in total. The average molecular weight is 383 g/mol. The van der Waals surface area contributed by atoms with Crippen molar-refractivity contribution in [2.45, 2.75) is 25.8 Å². The van der Waals surface area contributed by atoms with Gasteiger partial charge < -0.3 is 19.7 Å². The van der Waals surface area contributed by atoms with Gasteiger partial charge in [0.15, 0.2) is 6.61 Å². The van der Waals surface area contributed by atoms with Crippen molar-refractivity contribution in [3.8, 4) is 11.5 Å². The summed E-state index contributed by atoms with van der Waals surface area (Å²) in [4.78, 5) is 30.3. The van der Waals surface area contributed by atoms with Crippen LogP contribution in [-0.4, -0.2) is 54.0 Å². The number of ether oxygens (including phenoxy) is 2. The maximum atomic E-state index is 12.4. The highest BCUT2D eigenvalue weighted by atomic mass is 16.5. The molecule has 3 rings (SSSR count). The SMILES string of the molecule is CCOc1ccc(OCC(=O)N2CCC(NC(=O)c3cccnc3)CC2)cc1. The second kappa shape index (κ2) is 9.73. The number of carbonyl (C=O) groups is 2. The number of likely N-dealkylation sites (tertiary alicyclic amines) is 1. The zero-order valence-electron chi connectivity index (χ0n) is 16.0. The van der Waals surface area contributed by atoms with Gasteiger partial charge in [-0.25, -0.2) is 0 Å². The molecule has 0 radical (unpaired) electrons. The Morgan fingerprint density at radius 1 is 1.11 bits per heavy atom. The molecule has 7 nitrogen and oxygen atoms in total. The fourth-order valence-electron chi connectivity index (χ4n) is 3.07. The fraction of sp³-hybridized carbons (Fsp3) is 0.381. The van der Waals surface area contributed by atoms with Crippen LogP contribution in [0.2, 0.25) is 0 Å². The van der Waals surface area contributed by atoms with Crippen molar-refractivity contribution in [2.75, 3.05) is 26.3 Å². The summed E-state index contributed by atoms with van der Waals surface area (Å²) >= 11 is 0. The number of nitrogens with one attached hydrogen (secondary N) is 1. The molecule has 0 unspecified atom stereocenters. The molecule has 0 aliphatic carbocycles. The minimum atomic E-state index is -0.128. The van der Waals surface area contributed by atoms with Gasteiger partial charge in [0.2, 0.25) is 0 Å². The number of amides is 2. The Labute approximate surface area is 164 Å². The van der Waals surface area contributed by atoms with Gasteiger partial charge in [-0.1, -0.05) is 0 Å². The summed E-state index contributed by atoms with van der Waals surface area (Å²) in [7, 11) is 0. The molecule has 7 heteroatoms. The first kappa shape index (κ1) is 19.7. The number of nitrogens with zero attached hydrogens (tertiary/aromatic N) is 2. The Hall–Kier alpha value is -3.09. The van der Waals surface area contributed by atoms with Crippen LogP contribution >= 0.6 is 0 Å². The first-order valence-electron chi connectivity index (χ1n) is 9.50. The molecule has 2 amide bonds. The summed E-state index contributed by atoms with van der Waals surface area (Å²) in [5.41, 5.74) is 0.546. The van der Waals surface area contributed by atoms with Crippen LogP contribution in [0.25, 0.3) is 0 Å². The van der Waals surface area contributed by atoms with Crippen LogP contribution in [0.1, 0.15) is 30.1 Å². The summed E-state index contributed by atoms with van der Waals surface area (Å²) in [5, 5.41) is 3.01. The standard InChI is InChI=1S/C21H25N3O4/c1-2-27-18-5-7-19(8-6-18)28-15-20(25)24-12-9-17(10-13-24)23-21(26)16-4-3-11-22-14-16/h3-8,11,14,17H,2,9-10,12-13,15H2,1H3,(H,23,26). The van der Waals surface area contributed by atoms with Crippen LogP contribution in [0, 0.1) is 0 Å². The predicted molar refractivity (Wildman–Crippen MR) is 104 cm³/mol. The number of aromatic nitrogens is 1. The van der Waals surface area contributed by atoms with Gasteiger partial charge in [-0.2, -0.15) is 0 Å². The number of pyridine rings is 1. The Morgan fingerprint density at radius 3 is 2.39 bits per heavy atom. The molecule has 1 aromatic carbocycles. The van der Waals surface area contributed by atoms with Crippen LogP contribution in [0.4, 0.5) is 0 Å². The van der Waals surface area contributed by atoms with Crippen molar-refractivity contribution in [2.24, 2.45) is 0 Å². The van der Waals surface area contributed by atoms with E-state index in [9.17, 15) is 9.59 Å². The van der Waals surface area contributed by atoms with E-state index in [1.807, 2.05) is 19.1 Å². The van der Waals surface area contributed by atoms with Crippen LogP contribution in [-0.2, 0) is 4.79 Å². The van der Waals surface area contributed by atoms with Gasteiger partial charge in [0, 0.05) is 31.5 Å². The van der Waals surface area contributed by atoms with Crippen molar-refractivity contribution >= 4 is 11.8 Å². The number of benzene rings is 1. The van der Waals surface area contributed by atoms with Gasteiger partial charge in [0.05, 0.1) is 12.2 Å². The molecule has 2 aromatic rings. The van der Waals surface area contributed by atoms with Gasteiger partial charge in [-0.3, -0.25) is 14.6 Å². The van der Waals surface area contributed by atoms with E-state index in [4.69, 9.17) is 9.47 Å². The van der Waals surface area contributed by atoms with Gasteiger partial charge >= 0.3 is 0 Å². The van der Waals surface area contributed by atoms with Gasteiger partial charge in [0.25, 0.3) is 11.8 Å². The second-order valence-electron chi connectivity index (χ2n) is 6.56. The van der Waals surface area contributed by atoms with Crippen molar-refractivity contribution in [3.63, 3.8) is 0 Å². The molecule has 1 aliphatic rings. The second-order valence-corrected chi connectivity index (χ2v) is 6.56. The topological polar surface area (TPSA) is 80.8 Å². The monoisotopic (exact) mass is 383 g/mol. The summed E-state index contributed by atoms with van der Waals surface area (Å²) in [6.07, 6.45) is 4.63. The van der Waals surface area contributed by atoms with E-state index in [2.05, 4.69) is 10.3 Å². The summed E-state index contributed by atoms with van der Waals surface area (Å²) < 4.78 is 11.0. The lowest BCUT2D eigenvalue weighted by atomic mass is 10.0. The minimum absolute atomic E-state index is 0.000687. The molecule has 148 valence electrons. The first-order chi connectivity index (χ1) is 13.7. The number of hydrogen-bond donors (Lipinski definition) is 1. The highest BCUT2D eigenvalue weighted by Gasteiger charge is 2.24. The van der Waals surface area contributed by atoms with Crippen LogP contribution in [0.15, 0.2) is 48.8 Å². The zero-order valence-corrected chi connectivity index (χ0v) is 16.0. The molecule has 0 atom stereocenters. The van der Waals surface area contributed by atoms with E-state index in [1.165, 1.54) is 0 Å². The maximum absolute atomic E-state index is 12.4. The van der Waals surface area contributed by atoms with Gasteiger partial charge in [0.1, 0.15) is 11.5 Å². The molecule has 0 spiro atoms. The van der Waals surface area contributed by atoms with Crippen molar-refractivity contribution < 1.29 is 19.1 Å². The Morgan fingerprint density at radius 2 is 1.79 bits per heavy atom. The molecular weight excluding hydrogens is 358 g/mol. The third-order valence-corrected chi connectivity index (χ3v) is 4.60. The Balaban J connectivity index is 1.40. The van der Waals surface area contributed by atoms with Gasteiger partial charge in [-0.05, 0) is 56.2 Å². The number of hydrogen-bond acceptors (Lipinski definition) is 5. The Kier molecular flexibility index (Phi) is 6.84. The van der Waals surface area contributed by atoms with E-state index in [-0.39, 0.29) is 24.5 Å². The van der Waals surface area contributed by atoms with Crippen molar-refractivity contribution in [1.29, 1.82) is 0 Å². The van der Waals surface area contributed by atoms with Crippen LogP contribution in [0.5, 0.6) is 11.5 Å². The quantitative estimate of drug-likeness (QED) is 0.793. The molecule has 1 saturated heterocycles. The Bertz CT molecular complexity index is 772. The molecule has 1 fully saturated rings. The molecule has 0 saturated carbocycles. The van der Waals surface area contributed by atoms with E-state index in [0.29, 0.717) is 31.0 Å². The fourth-order valence-corrected chi connectivity index (χ4v) is 3.07. The first-order valence-corrected chi connectivity index (χ1v) is 9.50. The normalized spacial score (nSPS) is 14.4. The van der Waals surface area contributed by atoms with E-state index in [1.54, 1.807) is 41.6 Å². The lowest BCUT2D eigenvalue weighted by molar-refractivity contribution is -0.134. The van der Waals surface area contributed by atoms with E-state index in [0.717, 1.165) is 18.6 Å². The lowest BCUT2D eigenvalue weighted by Crippen LogP contribution is -2.47. The minimum Gasteiger partial charge on any atom is -0.494 e.